The molecular formula is C19H26FN3O. The van der Waals surface area contributed by atoms with E-state index >= 15 is 0 Å². The summed E-state index contributed by atoms with van der Waals surface area (Å²) in [5.41, 5.74) is 2.45. The van der Waals surface area contributed by atoms with Gasteiger partial charge in [-0.15, -0.1) is 0 Å². The first kappa shape index (κ1) is 15.9. The zero-order valence-electron chi connectivity index (χ0n) is 14.2. The number of carbonyl (C=O) groups excluding carboxylic acids is 1. The molecule has 0 spiro atoms. The van der Waals surface area contributed by atoms with Crippen LogP contribution in [0.3, 0.4) is 0 Å². The van der Waals surface area contributed by atoms with Crippen LogP contribution in [0.4, 0.5) is 10.1 Å². The van der Waals surface area contributed by atoms with Crippen molar-refractivity contribution in [2.75, 3.05) is 18.4 Å². The molecule has 2 heterocycles. The minimum atomic E-state index is -0.349. The van der Waals surface area contributed by atoms with Crippen molar-refractivity contribution in [3.05, 3.63) is 29.1 Å². The van der Waals surface area contributed by atoms with Crippen LogP contribution in [0.1, 0.15) is 36.8 Å². The molecule has 3 N–H and O–H groups in total. The summed E-state index contributed by atoms with van der Waals surface area (Å²) in [7, 11) is 0. The quantitative estimate of drug-likeness (QED) is 0.780. The Labute approximate surface area is 142 Å². The van der Waals surface area contributed by atoms with E-state index in [1.807, 2.05) is 6.92 Å². The van der Waals surface area contributed by atoms with Gasteiger partial charge < -0.3 is 16.0 Å². The number of hydrogen-bond donors (Lipinski definition) is 3. The smallest absolute Gasteiger partial charge is 0.243 e. The number of halogens is 1. The molecule has 1 aliphatic carbocycles. The van der Waals surface area contributed by atoms with Gasteiger partial charge >= 0.3 is 0 Å². The predicted molar refractivity (Wildman–Crippen MR) is 92.5 cm³/mol. The predicted octanol–water partition coefficient (Wildman–Crippen LogP) is 2.37. The highest BCUT2D eigenvalue weighted by molar-refractivity contribution is 5.88. The van der Waals surface area contributed by atoms with Crippen molar-refractivity contribution < 1.29 is 9.18 Å². The monoisotopic (exact) mass is 331 g/mol. The van der Waals surface area contributed by atoms with Crippen molar-refractivity contribution in [1.82, 2.24) is 10.6 Å². The van der Waals surface area contributed by atoms with E-state index in [1.54, 1.807) is 6.07 Å². The van der Waals surface area contributed by atoms with E-state index < -0.39 is 0 Å². The van der Waals surface area contributed by atoms with Gasteiger partial charge in [0.15, 0.2) is 0 Å². The first-order valence-electron chi connectivity index (χ1n) is 9.19. The molecule has 0 bridgehead atoms. The van der Waals surface area contributed by atoms with Crippen molar-refractivity contribution in [2.24, 2.45) is 11.8 Å². The van der Waals surface area contributed by atoms with Gasteiger partial charge in [-0.1, -0.05) is 12.5 Å². The number of rotatable bonds is 2. The first-order valence-corrected chi connectivity index (χ1v) is 9.19. The van der Waals surface area contributed by atoms with Crippen LogP contribution in [0.2, 0.25) is 0 Å². The van der Waals surface area contributed by atoms with Crippen molar-refractivity contribution in [3.63, 3.8) is 0 Å². The average Bonchev–Trinajstić information content (AvgIpc) is 3.05. The summed E-state index contributed by atoms with van der Waals surface area (Å²) in [6, 6.07) is 3.19. The fourth-order valence-corrected chi connectivity index (χ4v) is 4.79. The van der Waals surface area contributed by atoms with Gasteiger partial charge in [0.1, 0.15) is 11.9 Å². The van der Waals surface area contributed by atoms with Crippen molar-refractivity contribution in [1.29, 1.82) is 0 Å². The summed E-state index contributed by atoms with van der Waals surface area (Å²) in [6.07, 6.45) is 5.10. The van der Waals surface area contributed by atoms with Crippen LogP contribution < -0.4 is 16.0 Å². The SMILES string of the molecule is Cc1ccc(F)c2c1NC(C(=O)NC1CCCC3CNCCC31)C2. The zero-order valence-corrected chi connectivity index (χ0v) is 14.2. The molecule has 24 heavy (non-hydrogen) atoms. The third-order valence-corrected chi connectivity index (χ3v) is 6.11. The highest BCUT2D eigenvalue weighted by Gasteiger charge is 2.37. The maximum atomic E-state index is 14.0. The van der Waals surface area contributed by atoms with Crippen molar-refractivity contribution in [2.45, 2.75) is 51.1 Å². The van der Waals surface area contributed by atoms with Gasteiger partial charge in [0, 0.05) is 23.7 Å². The maximum Gasteiger partial charge on any atom is 0.243 e. The van der Waals surface area contributed by atoms with Gasteiger partial charge in [0.25, 0.3) is 0 Å². The van der Waals surface area contributed by atoms with Crippen LogP contribution in [0, 0.1) is 24.6 Å². The first-order chi connectivity index (χ1) is 11.6. The van der Waals surface area contributed by atoms with Gasteiger partial charge in [0.05, 0.1) is 0 Å². The van der Waals surface area contributed by atoms with Crippen LogP contribution in [0.25, 0.3) is 0 Å². The van der Waals surface area contributed by atoms with Gasteiger partial charge in [-0.05, 0) is 62.7 Å². The molecule has 4 nitrogen and oxygen atoms in total. The fraction of sp³-hybridized carbons (Fsp3) is 0.632. The van der Waals surface area contributed by atoms with E-state index in [-0.39, 0.29) is 23.8 Å². The summed E-state index contributed by atoms with van der Waals surface area (Å²) in [5, 5.41) is 9.99. The zero-order chi connectivity index (χ0) is 16.7. The third-order valence-electron chi connectivity index (χ3n) is 6.11. The van der Waals surface area contributed by atoms with Gasteiger partial charge in [-0.3, -0.25) is 4.79 Å². The Morgan fingerprint density at radius 2 is 2.17 bits per heavy atom. The van der Waals surface area contributed by atoms with Crippen molar-refractivity contribution >= 4 is 11.6 Å². The molecule has 130 valence electrons. The Bertz CT molecular complexity index is 615. The molecule has 0 radical (unpaired) electrons. The molecule has 4 unspecified atom stereocenters. The third kappa shape index (κ3) is 2.79. The Hall–Kier alpha value is -1.62. The van der Waals surface area contributed by atoms with Crippen LogP contribution in [-0.4, -0.2) is 31.1 Å². The van der Waals surface area contributed by atoms with E-state index in [0.717, 1.165) is 37.2 Å². The Balaban J connectivity index is 1.44. The Morgan fingerprint density at radius 1 is 1.29 bits per heavy atom. The van der Waals surface area contributed by atoms with Gasteiger partial charge in [0.2, 0.25) is 5.91 Å². The summed E-state index contributed by atoms with van der Waals surface area (Å²) in [4.78, 5) is 12.8. The number of amides is 1. The molecule has 0 aromatic heterocycles. The summed E-state index contributed by atoms with van der Waals surface area (Å²) in [6.45, 7) is 4.08. The topological polar surface area (TPSA) is 53.2 Å². The van der Waals surface area contributed by atoms with E-state index in [1.165, 1.54) is 18.9 Å². The number of carbonyl (C=O) groups is 1. The summed E-state index contributed by atoms with van der Waals surface area (Å²) in [5.74, 6) is 1.08. The number of benzene rings is 1. The highest BCUT2D eigenvalue weighted by atomic mass is 19.1. The number of piperidine rings is 1. The van der Waals surface area contributed by atoms with E-state index in [0.29, 0.717) is 23.8 Å². The lowest BCUT2D eigenvalue weighted by Gasteiger charge is -2.42. The van der Waals surface area contributed by atoms with Crippen LogP contribution >= 0.6 is 0 Å². The maximum absolute atomic E-state index is 14.0. The Kier molecular flexibility index (Phi) is 4.21. The fourth-order valence-electron chi connectivity index (χ4n) is 4.79. The lowest BCUT2D eigenvalue weighted by molar-refractivity contribution is -0.123. The van der Waals surface area contributed by atoms with Crippen LogP contribution in [0.5, 0.6) is 0 Å². The molecule has 1 saturated heterocycles. The summed E-state index contributed by atoms with van der Waals surface area (Å²) >= 11 is 0. The second-order valence-electron chi connectivity index (χ2n) is 7.58. The lowest BCUT2D eigenvalue weighted by Crippen LogP contribution is -2.53. The lowest BCUT2D eigenvalue weighted by atomic mass is 9.72. The number of fused-ring (bicyclic) bond motifs is 2. The molecule has 5 heteroatoms. The van der Waals surface area contributed by atoms with Crippen molar-refractivity contribution in [3.8, 4) is 0 Å². The standard InChI is InChI=1S/C19H26FN3O/c1-11-5-6-15(20)14-9-17(22-18(11)14)19(24)23-16-4-2-3-12-10-21-8-7-13(12)16/h5-6,12-13,16-17,21-22H,2-4,7-10H2,1H3,(H,23,24). The molecule has 2 fully saturated rings. The second kappa shape index (κ2) is 6.36. The minimum Gasteiger partial charge on any atom is -0.373 e. The van der Waals surface area contributed by atoms with E-state index in [9.17, 15) is 9.18 Å². The van der Waals surface area contributed by atoms with Crippen LogP contribution in [-0.2, 0) is 11.2 Å². The number of aryl methyl sites for hydroxylation is 1. The molecule has 1 aromatic rings. The van der Waals surface area contributed by atoms with Gasteiger partial charge in [-0.25, -0.2) is 4.39 Å². The largest absolute Gasteiger partial charge is 0.373 e. The normalized spacial score (nSPS) is 31.8. The second-order valence-corrected chi connectivity index (χ2v) is 7.58. The molecule has 4 rings (SSSR count). The molecule has 3 aliphatic rings. The number of nitrogens with one attached hydrogen (secondary N) is 3. The van der Waals surface area contributed by atoms with E-state index in [4.69, 9.17) is 0 Å². The number of hydrogen-bond acceptors (Lipinski definition) is 3. The molecular weight excluding hydrogens is 305 g/mol. The molecule has 4 atom stereocenters. The van der Waals surface area contributed by atoms with Gasteiger partial charge in [-0.2, -0.15) is 0 Å². The Morgan fingerprint density at radius 3 is 3.00 bits per heavy atom. The number of anilines is 1. The average molecular weight is 331 g/mol. The molecule has 1 amide bonds. The highest BCUT2D eigenvalue weighted by Crippen LogP contribution is 2.35. The van der Waals surface area contributed by atoms with Crippen LogP contribution in [0.15, 0.2) is 12.1 Å². The summed E-state index contributed by atoms with van der Waals surface area (Å²) < 4.78 is 14.0. The van der Waals surface area contributed by atoms with E-state index in [2.05, 4.69) is 16.0 Å². The minimum absolute atomic E-state index is 0.0224. The molecule has 1 aromatic carbocycles. The molecule has 2 aliphatic heterocycles. The molecule has 1 saturated carbocycles.